The molecule has 4 heteroatoms. The molecular weight excluding hydrogens is 264 g/mol. The van der Waals surface area contributed by atoms with Crippen LogP contribution in [0.3, 0.4) is 0 Å². The molecule has 2 aromatic carbocycles. The predicted octanol–water partition coefficient (Wildman–Crippen LogP) is 3.21. The van der Waals surface area contributed by atoms with E-state index in [0.717, 1.165) is 5.56 Å². The van der Waals surface area contributed by atoms with Gasteiger partial charge in [0.2, 0.25) is 0 Å². The summed E-state index contributed by atoms with van der Waals surface area (Å²) in [5.74, 6) is 0.370. The molecule has 1 amide bonds. The Morgan fingerprint density at radius 1 is 1.14 bits per heavy atom. The Labute approximate surface area is 124 Å². The fourth-order valence-electron chi connectivity index (χ4n) is 1.94. The first kappa shape index (κ1) is 14.8. The second kappa shape index (κ2) is 7.24. The highest BCUT2D eigenvalue weighted by molar-refractivity contribution is 5.97. The van der Waals surface area contributed by atoms with Crippen molar-refractivity contribution >= 4 is 12.1 Å². The van der Waals surface area contributed by atoms with Crippen molar-refractivity contribution in [2.24, 2.45) is 5.10 Å². The number of carbonyl (C=O) groups is 1. The second-order valence-electron chi connectivity index (χ2n) is 4.62. The summed E-state index contributed by atoms with van der Waals surface area (Å²) in [5, 5.41) is 4.02. The van der Waals surface area contributed by atoms with Gasteiger partial charge in [0, 0.05) is 12.1 Å². The number of rotatable bonds is 5. The minimum atomic E-state index is -0.288. The number of amides is 1. The largest absolute Gasteiger partial charge is 0.496 e. The maximum Gasteiger partial charge on any atom is 0.275 e. The molecular formula is C17H18N2O2. The third-order valence-electron chi connectivity index (χ3n) is 3.14. The predicted molar refractivity (Wildman–Crippen MR) is 83.8 cm³/mol. The van der Waals surface area contributed by atoms with Crippen molar-refractivity contribution in [3.05, 3.63) is 65.7 Å². The average Bonchev–Trinajstić information content (AvgIpc) is 2.55. The van der Waals surface area contributed by atoms with Crippen molar-refractivity contribution in [1.29, 1.82) is 0 Å². The first-order chi connectivity index (χ1) is 10.2. The van der Waals surface area contributed by atoms with Gasteiger partial charge in [-0.1, -0.05) is 49.4 Å². The van der Waals surface area contributed by atoms with E-state index >= 15 is 0 Å². The molecule has 0 fully saturated rings. The quantitative estimate of drug-likeness (QED) is 0.676. The van der Waals surface area contributed by atoms with E-state index in [1.165, 1.54) is 7.11 Å². The number of carbonyl (C=O) groups excluding carboxylic acids is 1. The van der Waals surface area contributed by atoms with Gasteiger partial charge in [0.1, 0.15) is 5.75 Å². The van der Waals surface area contributed by atoms with Crippen LogP contribution in [0.2, 0.25) is 0 Å². The molecule has 0 heterocycles. The number of para-hydroxylation sites is 1. The lowest BCUT2D eigenvalue weighted by Gasteiger charge is -2.07. The van der Waals surface area contributed by atoms with Crippen LogP contribution in [0.5, 0.6) is 5.75 Å². The summed E-state index contributed by atoms with van der Waals surface area (Å²) < 4.78 is 5.15. The van der Waals surface area contributed by atoms with Gasteiger partial charge in [-0.25, -0.2) is 5.43 Å². The lowest BCUT2D eigenvalue weighted by Crippen LogP contribution is -2.18. The third kappa shape index (κ3) is 3.92. The van der Waals surface area contributed by atoms with Crippen LogP contribution in [0, 0.1) is 0 Å². The average molecular weight is 282 g/mol. The molecule has 0 bridgehead atoms. The minimum Gasteiger partial charge on any atom is -0.496 e. The molecule has 0 radical (unpaired) electrons. The van der Waals surface area contributed by atoms with E-state index in [9.17, 15) is 4.79 Å². The van der Waals surface area contributed by atoms with Crippen molar-refractivity contribution in [3.63, 3.8) is 0 Å². The lowest BCUT2D eigenvalue weighted by atomic mass is 10.0. The molecule has 4 nitrogen and oxygen atoms in total. The van der Waals surface area contributed by atoms with Crippen molar-refractivity contribution in [2.45, 2.75) is 12.8 Å². The first-order valence-electron chi connectivity index (χ1n) is 6.74. The summed E-state index contributed by atoms with van der Waals surface area (Å²) in [7, 11) is 1.53. The normalized spacial score (nSPS) is 12.1. The van der Waals surface area contributed by atoms with Gasteiger partial charge in [0.05, 0.1) is 12.7 Å². The molecule has 0 aromatic heterocycles. The smallest absolute Gasteiger partial charge is 0.275 e. The van der Waals surface area contributed by atoms with Crippen molar-refractivity contribution in [1.82, 2.24) is 5.43 Å². The van der Waals surface area contributed by atoms with Gasteiger partial charge >= 0.3 is 0 Å². The monoisotopic (exact) mass is 282 g/mol. The molecule has 21 heavy (non-hydrogen) atoms. The summed E-state index contributed by atoms with van der Waals surface area (Å²) in [6.07, 6.45) is 1.71. The second-order valence-corrected chi connectivity index (χ2v) is 4.62. The summed E-state index contributed by atoms with van der Waals surface area (Å²) in [4.78, 5) is 12.0. The molecule has 0 saturated heterocycles. The van der Waals surface area contributed by atoms with Gasteiger partial charge in [-0.2, -0.15) is 5.10 Å². The lowest BCUT2D eigenvalue weighted by molar-refractivity contribution is 0.0952. The number of methoxy groups -OCH3 is 1. The summed E-state index contributed by atoms with van der Waals surface area (Å²) >= 11 is 0. The van der Waals surface area contributed by atoms with Crippen LogP contribution in [0.1, 0.15) is 28.8 Å². The van der Waals surface area contributed by atoms with Crippen LogP contribution in [-0.4, -0.2) is 19.2 Å². The number of hydrogen-bond acceptors (Lipinski definition) is 3. The van der Waals surface area contributed by atoms with Crippen LogP contribution in [-0.2, 0) is 0 Å². The molecule has 2 aromatic rings. The summed E-state index contributed by atoms with van der Waals surface area (Å²) in [5.41, 5.74) is 4.13. The van der Waals surface area contributed by atoms with Gasteiger partial charge in [-0.15, -0.1) is 0 Å². The van der Waals surface area contributed by atoms with Gasteiger partial charge in [-0.3, -0.25) is 4.79 Å². The topological polar surface area (TPSA) is 50.7 Å². The first-order valence-corrected chi connectivity index (χ1v) is 6.74. The van der Waals surface area contributed by atoms with Crippen molar-refractivity contribution in [2.75, 3.05) is 7.11 Å². The molecule has 2 rings (SSSR count). The van der Waals surface area contributed by atoms with E-state index in [1.54, 1.807) is 24.4 Å². The van der Waals surface area contributed by atoms with E-state index in [1.807, 2.05) is 43.3 Å². The van der Waals surface area contributed by atoms with Crippen LogP contribution in [0.15, 0.2) is 59.7 Å². The van der Waals surface area contributed by atoms with Gasteiger partial charge in [0.15, 0.2) is 0 Å². The van der Waals surface area contributed by atoms with Crippen molar-refractivity contribution in [3.8, 4) is 5.75 Å². The highest BCUT2D eigenvalue weighted by Gasteiger charge is 2.10. The summed E-state index contributed by atoms with van der Waals surface area (Å²) in [6.45, 7) is 2.02. The molecule has 0 aliphatic heterocycles. The van der Waals surface area contributed by atoms with E-state index in [4.69, 9.17) is 4.74 Å². The molecule has 1 atom stereocenters. The zero-order valence-corrected chi connectivity index (χ0v) is 12.1. The zero-order chi connectivity index (χ0) is 15.1. The van der Waals surface area contributed by atoms with Gasteiger partial charge in [0.25, 0.3) is 5.91 Å². The van der Waals surface area contributed by atoms with Gasteiger partial charge in [-0.05, 0) is 17.7 Å². The maximum atomic E-state index is 12.0. The Hall–Kier alpha value is -2.62. The Morgan fingerprint density at radius 3 is 2.52 bits per heavy atom. The molecule has 1 unspecified atom stereocenters. The highest BCUT2D eigenvalue weighted by atomic mass is 16.5. The van der Waals surface area contributed by atoms with E-state index in [-0.39, 0.29) is 11.8 Å². The maximum absolute atomic E-state index is 12.0. The van der Waals surface area contributed by atoms with Crippen LogP contribution < -0.4 is 10.2 Å². The molecule has 0 aliphatic carbocycles. The Kier molecular flexibility index (Phi) is 5.10. The van der Waals surface area contributed by atoms with E-state index < -0.39 is 0 Å². The van der Waals surface area contributed by atoms with Gasteiger partial charge < -0.3 is 4.74 Å². The number of ether oxygens (including phenoxy) is 1. The Balaban J connectivity index is 1.99. The Bertz CT molecular complexity index is 624. The zero-order valence-electron chi connectivity index (χ0n) is 12.1. The standard InChI is InChI=1S/C17H18N2O2/c1-13(14-8-4-3-5-9-14)12-18-19-17(20)15-10-6-7-11-16(15)21-2/h3-13H,1-2H3,(H,19,20). The molecule has 0 spiro atoms. The molecule has 1 N–H and O–H groups in total. The number of hydrogen-bond donors (Lipinski definition) is 1. The fraction of sp³-hybridized carbons (Fsp3) is 0.176. The van der Waals surface area contributed by atoms with Crippen LogP contribution >= 0.6 is 0 Å². The Morgan fingerprint density at radius 2 is 1.81 bits per heavy atom. The summed E-state index contributed by atoms with van der Waals surface area (Å²) in [6, 6.07) is 17.0. The number of nitrogens with zero attached hydrogens (tertiary/aromatic N) is 1. The van der Waals surface area contributed by atoms with Crippen molar-refractivity contribution < 1.29 is 9.53 Å². The van der Waals surface area contributed by atoms with E-state index in [2.05, 4.69) is 10.5 Å². The number of hydrazone groups is 1. The SMILES string of the molecule is COc1ccccc1C(=O)NN=CC(C)c1ccccc1. The molecule has 108 valence electrons. The minimum absolute atomic E-state index is 0.129. The van der Waals surface area contributed by atoms with Crippen LogP contribution in [0.4, 0.5) is 0 Å². The molecule has 0 saturated carbocycles. The fourth-order valence-corrected chi connectivity index (χ4v) is 1.94. The highest BCUT2D eigenvalue weighted by Crippen LogP contribution is 2.17. The number of benzene rings is 2. The van der Waals surface area contributed by atoms with E-state index in [0.29, 0.717) is 11.3 Å². The molecule has 0 aliphatic rings. The number of nitrogens with one attached hydrogen (secondary N) is 1. The third-order valence-corrected chi connectivity index (χ3v) is 3.14. The van der Waals surface area contributed by atoms with Crippen LogP contribution in [0.25, 0.3) is 0 Å².